The van der Waals surface area contributed by atoms with Gasteiger partial charge in [0.25, 0.3) is 0 Å². The first-order valence-electron chi connectivity index (χ1n) is 7.27. The molecule has 0 saturated heterocycles. The van der Waals surface area contributed by atoms with Crippen molar-refractivity contribution in [2.24, 2.45) is 0 Å². The first kappa shape index (κ1) is 14.0. The second kappa shape index (κ2) is 6.68. The summed E-state index contributed by atoms with van der Waals surface area (Å²) in [6.45, 7) is 0.795. The van der Waals surface area contributed by atoms with Crippen molar-refractivity contribution in [2.45, 2.75) is 19.3 Å². The van der Waals surface area contributed by atoms with Crippen molar-refractivity contribution in [1.29, 1.82) is 5.26 Å². The van der Waals surface area contributed by atoms with Crippen LogP contribution in [0.4, 0.5) is 5.82 Å². The van der Waals surface area contributed by atoms with E-state index in [-0.39, 0.29) is 0 Å². The third kappa shape index (κ3) is 3.04. The maximum atomic E-state index is 8.52. The Hall–Kier alpha value is -2.94. The molecular formula is C16H16N6. The number of aromatic nitrogens is 4. The van der Waals surface area contributed by atoms with Crippen molar-refractivity contribution in [2.75, 3.05) is 11.9 Å². The van der Waals surface area contributed by atoms with Crippen molar-refractivity contribution in [3.05, 3.63) is 42.5 Å². The van der Waals surface area contributed by atoms with Crippen LogP contribution in [0.5, 0.6) is 0 Å². The molecule has 0 unspecified atom stereocenters. The standard InChI is InChI=1S/C16H16N6/c17-11-5-2-6-12-18-14-9-10-15-19-20-16(22(15)21-14)13-7-3-1-4-8-13/h1,3-4,7-10H,2,5-6,12H2,(H,18,21). The predicted molar refractivity (Wildman–Crippen MR) is 84.2 cm³/mol. The Bertz CT molecular complexity index is 787. The van der Waals surface area contributed by atoms with Crippen LogP contribution < -0.4 is 5.32 Å². The molecule has 0 amide bonds. The van der Waals surface area contributed by atoms with E-state index in [1.54, 1.807) is 4.52 Å². The van der Waals surface area contributed by atoms with Crippen LogP contribution in [0.2, 0.25) is 0 Å². The number of rotatable bonds is 6. The molecule has 1 aromatic carbocycles. The number of hydrogen-bond donors (Lipinski definition) is 1. The zero-order valence-electron chi connectivity index (χ0n) is 12.1. The van der Waals surface area contributed by atoms with Crippen LogP contribution in [-0.4, -0.2) is 26.4 Å². The Morgan fingerprint density at radius 2 is 1.91 bits per heavy atom. The van der Waals surface area contributed by atoms with Crippen LogP contribution >= 0.6 is 0 Å². The Balaban J connectivity index is 1.79. The first-order valence-corrected chi connectivity index (χ1v) is 7.27. The van der Waals surface area contributed by atoms with E-state index in [4.69, 9.17) is 5.26 Å². The largest absolute Gasteiger partial charge is 0.369 e. The number of hydrogen-bond acceptors (Lipinski definition) is 5. The summed E-state index contributed by atoms with van der Waals surface area (Å²) in [5.41, 5.74) is 1.70. The van der Waals surface area contributed by atoms with E-state index in [2.05, 4.69) is 26.7 Å². The van der Waals surface area contributed by atoms with E-state index in [9.17, 15) is 0 Å². The van der Waals surface area contributed by atoms with E-state index in [0.29, 0.717) is 12.1 Å². The molecule has 0 spiro atoms. The second-order valence-electron chi connectivity index (χ2n) is 4.92. The Morgan fingerprint density at radius 1 is 1.05 bits per heavy atom. The van der Waals surface area contributed by atoms with Crippen molar-refractivity contribution in [1.82, 2.24) is 19.8 Å². The predicted octanol–water partition coefficient (Wildman–Crippen LogP) is 2.90. The second-order valence-corrected chi connectivity index (χ2v) is 4.92. The molecule has 6 nitrogen and oxygen atoms in total. The van der Waals surface area contributed by atoms with Crippen LogP contribution in [0, 0.1) is 11.3 Å². The van der Waals surface area contributed by atoms with Gasteiger partial charge in [-0.15, -0.1) is 15.3 Å². The first-order chi connectivity index (χ1) is 10.9. The highest BCUT2D eigenvalue weighted by Gasteiger charge is 2.09. The van der Waals surface area contributed by atoms with E-state index in [1.165, 1.54) is 0 Å². The molecule has 0 radical (unpaired) electrons. The molecule has 0 aliphatic carbocycles. The molecule has 3 rings (SSSR count). The third-order valence-electron chi connectivity index (χ3n) is 3.32. The van der Waals surface area contributed by atoms with Gasteiger partial charge in [0.15, 0.2) is 11.5 Å². The van der Waals surface area contributed by atoms with Crippen molar-refractivity contribution in [3.8, 4) is 17.5 Å². The average Bonchev–Trinajstić information content (AvgIpc) is 2.99. The molecule has 6 heteroatoms. The lowest BCUT2D eigenvalue weighted by Crippen LogP contribution is -2.06. The summed E-state index contributed by atoms with van der Waals surface area (Å²) in [5, 5.41) is 24.7. The number of nitrogens with zero attached hydrogens (tertiary/aromatic N) is 5. The number of benzene rings is 1. The summed E-state index contributed by atoms with van der Waals surface area (Å²) < 4.78 is 1.74. The van der Waals surface area contributed by atoms with Gasteiger partial charge in [-0.25, -0.2) is 0 Å². The van der Waals surface area contributed by atoms with Gasteiger partial charge in [-0.1, -0.05) is 30.3 Å². The number of nitrogens with one attached hydrogen (secondary N) is 1. The van der Waals surface area contributed by atoms with Gasteiger partial charge in [-0.2, -0.15) is 9.78 Å². The molecule has 22 heavy (non-hydrogen) atoms. The lowest BCUT2D eigenvalue weighted by molar-refractivity contribution is 0.778. The summed E-state index contributed by atoms with van der Waals surface area (Å²) in [6.07, 6.45) is 2.44. The smallest absolute Gasteiger partial charge is 0.185 e. The highest BCUT2D eigenvalue weighted by atomic mass is 15.4. The molecular weight excluding hydrogens is 276 g/mol. The van der Waals surface area contributed by atoms with E-state index >= 15 is 0 Å². The molecule has 0 aliphatic heterocycles. The van der Waals surface area contributed by atoms with E-state index in [0.717, 1.165) is 36.6 Å². The molecule has 0 atom stereocenters. The molecule has 3 aromatic rings. The fraction of sp³-hybridized carbons (Fsp3) is 0.250. The molecule has 2 heterocycles. The van der Waals surface area contributed by atoms with Gasteiger partial charge in [0.2, 0.25) is 0 Å². The van der Waals surface area contributed by atoms with Crippen LogP contribution in [-0.2, 0) is 0 Å². The Labute approximate surface area is 128 Å². The fourth-order valence-corrected chi connectivity index (χ4v) is 2.20. The van der Waals surface area contributed by atoms with Gasteiger partial charge in [-0.05, 0) is 25.0 Å². The SMILES string of the molecule is N#CCCCCNc1ccc2nnc(-c3ccccc3)n2n1. The third-order valence-corrected chi connectivity index (χ3v) is 3.32. The minimum Gasteiger partial charge on any atom is -0.369 e. The van der Waals surface area contributed by atoms with Crippen LogP contribution in [0.3, 0.4) is 0 Å². The lowest BCUT2D eigenvalue weighted by atomic mass is 10.2. The van der Waals surface area contributed by atoms with Gasteiger partial charge in [0, 0.05) is 18.5 Å². The number of unbranched alkanes of at least 4 members (excludes halogenated alkanes) is 2. The van der Waals surface area contributed by atoms with Gasteiger partial charge in [-0.3, -0.25) is 0 Å². The lowest BCUT2D eigenvalue weighted by Gasteiger charge is -2.05. The molecule has 2 aromatic heterocycles. The van der Waals surface area contributed by atoms with Gasteiger partial charge >= 0.3 is 0 Å². The maximum absolute atomic E-state index is 8.52. The number of anilines is 1. The van der Waals surface area contributed by atoms with Crippen LogP contribution in [0.15, 0.2) is 42.5 Å². The topological polar surface area (TPSA) is 78.9 Å². The van der Waals surface area contributed by atoms with Crippen LogP contribution in [0.25, 0.3) is 17.0 Å². The molecule has 1 N–H and O–H groups in total. The van der Waals surface area contributed by atoms with Gasteiger partial charge < -0.3 is 5.32 Å². The normalized spacial score (nSPS) is 10.5. The number of nitriles is 1. The summed E-state index contributed by atoms with van der Waals surface area (Å²) in [5.74, 6) is 1.50. The zero-order chi connectivity index (χ0) is 15.2. The monoisotopic (exact) mass is 292 g/mol. The van der Waals surface area contributed by atoms with Gasteiger partial charge in [0.1, 0.15) is 5.82 Å². The highest BCUT2D eigenvalue weighted by molar-refractivity contribution is 5.59. The maximum Gasteiger partial charge on any atom is 0.185 e. The average molecular weight is 292 g/mol. The fourth-order valence-electron chi connectivity index (χ4n) is 2.20. The molecule has 110 valence electrons. The molecule has 0 aliphatic rings. The summed E-state index contributed by atoms with van der Waals surface area (Å²) in [7, 11) is 0. The van der Waals surface area contributed by atoms with E-state index in [1.807, 2.05) is 42.5 Å². The van der Waals surface area contributed by atoms with Crippen molar-refractivity contribution in [3.63, 3.8) is 0 Å². The van der Waals surface area contributed by atoms with Crippen molar-refractivity contribution < 1.29 is 0 Å². The summed E-state index contributed by atoms with van der Waals surface area (Å²) >= 11 is 0. The Kier molecular flexibility index (Phi) is 4.25. The summed E-state index contributed by atoms with van der Waals surface area (Å²) in [6, 6.07) is 15.8. The molecule has 0 bridgehead atoms. The quantitative estimate of drug-likeness (QED) is 0.707. The summed E-state index contributed by atoms with van der Waals surface area (Å²) in [4.78, 5) is 0. The van der Waals surface area contributed by atoms with E-state index < -0.39 is 0 Å². The molecule has 0 fully saturated rings. The highest BCUT2D eigenvalue weighted by Crippen LogP contribution is 2.17. The minimum absolute atomic E-state index is 0.595. The molecule has 0 saturated carbocycles. The number of fused-ring (bicyclic) bond motifs is 1. The Morgan fingerprint density at radius 3 is 2.73 bits per heavy atom. The van der Waals surface area contributed by atoms with Gasteiger partial charge in [0.05, 0.1) is 6.07 Å². The zero-order valence-corrected chi connectivity index (χ0v) is 12.1. The minimum atomic E-state index is 0.595. The van der Waals surface area contributed by atoms with Crippen molar-refractivity contribution >= 4 is 11.5 Å². The van der Waals surface area contributed by atoms with Crippen LogP contribution in [0.1, 0.15) is 19.3 Å².